The number of dihydropyridines is 1. The average Bonchev–Trinajstić information content (AvgIpc) is 2.90. The Morgan fingerprint density at radius 1 is 1.03 bits per heavy atom. The van der Waals surface area contributed by atoms with Gasteiger partial charge in [-0.05, 0) is 73.5 Å². The van der Waals surface area contributed by atoms with Crippen LogP contribution >= 0.6 is 35.0 Å². The van der Waals surface area contributed by atoms with E-state index in [1.54, 1.807) is 67.8 Å². The van der Waals surface area contributed by atoms with Crippen LogP contribution in [0.1, 0.15) is 24.0 Å². The minimum Gasteiger partial charge on any atom is -0.353 e. The first-order valence-electron chi connectivity index (χ1n) is 11.5. The number of pyridine rings is 1. The summed E-state index contributed by atoms with van der Waals surface area (Å²) in [6, 6.07) is 17.9. The number of aryl methyl sites for hydroxylation is 1. The van der Waals surface area contributed by atoms with Gasteiger partial charge in [0.1, 0.15) is 0 Å². The minimum absolute atomic E-state index is 0.0433. The van der Waals surface area contributed by atoms with Crippen LogP contribution < -0.4 is 16.0 Å². The molecule has 1 atom stereocenters. The van der Waals surface area contributed by atoms with Crippen molar-refractivity contribution < 1.29 is 9.59 Å². The van der Waals surface area contributed by atoms with E-state index >= 15 is 0 Å². The van der Waals surface area contributed by atoms with Gasteiger partial charge in [-0.3, -0.25) is 14.6 Å². The zero-order valence-corrected chi connectivity index (χ0v) is 22.8. The molecule has 7 nitrogen and oxygen atoms in total. The van der Waals surface area contributed by atoms with Gasteiger partial charge in [-0.1, -0.05) is 41.0 Å². The Hall–Kier alpha value is -3.77. The average molecular weight is 564 g/mol. The Labute approximate surface area is 234 Å². The topological polar surface area (TPSA) is 107 Å². The first kappa shape index (κ1) is 27.3. The van der Waals surface area contributed by atoms with Crippen LogP contribution in [0, 0.1) is 18.3 Å². The van der Waals surface area contributed by atoms with Crippen LogP contribution in [0.25, 0.3) is 0 Å². The number of carbonyl (C=O) groups is 2. The van der Waals surface area contributed by atoms with Crippen molar-refractivity contribution in [3.05, 3.63) is 110 Å². The van der Waals surface area contributed by atoms with Crippen molar-refractivity contribution in [3.63, 3.8) is 0 Å². The number of nitrogens with zero attached hydrogens (tertiary/aromatic N) is 2. The third kappa shape index (κ3) is 6.37. The van der Waals surface area contributed by atoms with Crippen LogP contribution in [0.2, 0.25) is 10.0 Å². The molecule has 0 bridgehead atoms. The van der Waals surface area contributed by atoms with Crippen molar-refractivity contribution >= 4 is 58.2 Å². The van der Waals surface area contributed by atoms with Gasteiger partial charge < -0.3 is 16.0 Å². The third-order valence-corrected chi connectivity index (χ3v) is 7.51. The first-order valence-corrected chi connectivity index (χ1v) is 13.3. The Morgan fingerprint density at radius 3 is 2.37 bits per heavy atom. The van der Waals surface area contributed by atoms with E-state index in [0.29, 0.717) is 43.3 Å². The van der Waals surface area contributed by atoms with Crippen molar-refractivity contribution in [3.8, 4) is 6.07 Å². The predicted molar refractivity (Wildman–Crippen MR) is 153 cm³/mol. The highest BCUT2D eigenvalue weighted by Crippen LogP contribution is 2.40. The van der Waals surface area contributed by atoms with Gasteiger partial charge in [0.15, 0.2) is 0 Å². The second-order valence-corrected chi connectivity index (χ2v) is 10.3. The lowest BCUT2D eigenvalue weighted by molar-refractivity contribution is -0.114. The SMILES string of the molecule is CC1=C(C(=O)Nc2ccc(Cl)cc2)C(c2ccncc2)C(C#N)=C(SCC(=O)Nc2ccc(C)c(Cl)c2)N1. The fraction of sp³-hybridized carbons (Fsp3) is 0.143. The quantitative estimate of drug-likeness (QED) is 0.307. The molecule has 1 unspecified atom stereocenters. The van der Waals surface area contributed by atoms with Gasteiger partial charge in [-0.2, -0.15) is 5.26 Å². The fourth-order valence-corrected chi connectivity index (χ4v) is 5.15. The molecule has 0 fully saturated rings. The third-order valence-electron chi connectivity index (χ3n) is 5.84. The summed E-state index contributed by atoms with van der Waals surface area (Å²) in [7, 11) is 0. The maximum Gasteiger partial charge on any atom is 0.254 e. The standard InChI is InChI=1S/C28H23Cl2N5O2S/c1-16-3-6-21(13-23(16)30)34-24(36)15-38-28-22(14-31)26(18-9-11-32-12-10-18)25(17(2)33-28)27(37)35-20-7-4-19(29)5-8-20/h3-13,26,33H,15H2,1-2H3,(H,34,36)(H,35,37). The highest BCUT2D eigenvalue weighted by atomic mass is 35.5. The summed E-state index contributed by atoms with van der Waals surface area (Å²) >= 11 is 13.3. The van der Waals surface area contributed by atoms with Crippen molar-refractivity contribution in [1.82, 2.24) is 10.3 Å². The number of nitriles is 1. The molecule has 192 valence electrons. The highest BCUT2D eigenvalue weighted by molar-refractivity contribution is 8.03. The molecule has 1 aliphatic rings. The van der Waals surface area contributed by atoms with Crippen LogP contribution in [0.4, 0.5) is 11.4 Å². The van der Waals surface area contributed by atoms with Crippen molar-refractivity contribution in [2.75, 3.05) is 16.4 Å². The Bertz CT molecular complexity index is 1480. The van der Waals surface area contributed by atoms with E-state index in [2.05, 4.69) is 27.0 Å². The molecule has 38 heavy (non-hydrogen) atoms. The van der Waals surface area contributed by atoms with E-state index in [1.807, 2.05) is 13.0 Å². The maximum atomic E-state index is 13.5. The van der Waals surface area contributed by atoms with Gasteiger partial charge in [0, 0.05) is 45.1 Å². The molecule has 3 N–H and O–H groups in total. The molecule has 1 aliphatic heterocycles. The number of anilines is 2. The number of nitrogens with one attached hydrogen (secondary N) is 3. The predicted octanol–water partition coefficient (Wildman–Crippen LogP) is 6.40. The summed E-state index contributed by atoms with van der Waals surface area (Å²) < 4.78 is 0. The molecule has 0 aliphatic carbocycles. The van der Waals surface area contributed by atoms with Crippen LogP contribution in [0.5, 0.6) is 0 Å². The Morgan fingerprint density at radius 2 is 1.71 bits per heavy atom. The van der Waals surface area contributed by atoms with Gasteiger partial charge in [-0.15, -0.1) is 0 Å². The summed E-state index contributed by atoms with van der Waals surface area (Å²) in [6.45, 7) is 3.65. The molecule has 2 amide bonds. The fourth-order valence-electron chi connectivity index (χ4n) is 3.95. The lowest BCUT2D eigenvalue weighted by Crippen LogP contribution is -2.31. The monoisotopic (exact) mass is 563 g/mol. The van der Waals surface area contributed by atoms with Gasteiger partial charge in [0.05, 0.1) is 28.3 Å². The molecule has 0 spiro atoms. The number of allylic oxidation sites excluding steroid dienone is 2. The number of carbonyl (C=O) groups excluding carboxylic acids is 2. The molecule has 2 aromatic carbocycles. The zero-order chi connectivity index (χ0) is 27.2. The van der Waals surface area contributed by atoms with E-state index in [4.69, 9.17) is 23.2 Å². The summed E-state index contributed by atoms with van der Waals surface area (Å²) in [5.41, 5.74) is 4.11. The number of hydrogen-bond donors (Lipinski definition) is 3. The van der Waals surface area contributed by atoms with Gasteiger partial charge >= 0.3 is 0 Å². The van der Waals surface area contributed by atoms with E-state index in [-0.39, 0.29) is 17.6 Å². The molecule has 4 rings (SSSR count). The number of benzene rings is 2. The van der Waals surface area contributed by atoms with E-state index < -0.39 is 5.92 Å². The second-order valence-electron chi connectivity index (χ2n) is 8.49. The number of hydrogen-bond acceptors (Lipinski definition) is 6. The molecular weight excluding hydrogens is 541 g/mol. The van der Waals surface area contributed by atoms with Gasteiger partial charge in [-0.25, -0.2) is 0 Å². The van der Waals surface area contributed by atoms with Gasteiger partial charge in [0.25, 0.3) is 5.91 Å². The molecule has 0 saturated carbocycles. The lowest BCUT2D eigenvalue weighted by atomic mass is 9.82. The number of amides is 2. The number of aromatic nitrogens is 1. The normalized spacial score (nSPS) is 15.0. The molecule has 1 aromatic heterocycles. The van der Waals surface area contributed by atoms with Crippen LogP contribution in [0.3, 0.4) is 0 Å². The first-order chi connectivity index (χ1) is 18.3. The lowest BCUT2D eigenvalue weighted by Gasteiger charge is -2.29. The molecule has 0 saturated heterocycles. The van der Waals surface area contributed by atoms with E-state index in [9.17, 15) is 14.9 Å². The smallest absolute Gasteiger partial charge is 0.254 e. The summed E-state index contributed by atoms with van der Waals surface area (Å²) in [5.74, 6) is -1.22. The van der Waals surface area contributed by atoms with E-state index in [1.165, 1.54) is 11.8 Å². The van der Waals surface area contributed by atoms with Crippen LogP contribution in [-0.4, -0.2) is 22.6 Å². The summed E-state index contributed by atoms with van der Waals surface area (Å²) in [4.78, 5) is 30.2. The molecule has 3 aromatic rings. The molecule has 10 heteroatoms. The minimum atomic E-state index is -0.655. The van der Waals surface area contributed by atoms with Crippen molar-refractivity contribution in [1.29, 1.82) is 5.26 Å². The molecule has 2 heterocycles. The van der Waals surface area contributed by atoms with Crippen LogP contribution in [-0.2, 0) is 9.59 Å². The zero-order valence-electron chi connectivity index (χ0n) is 20.5. The summed E-state index contributed by atoms with van der Waals surface area (Å²) in [6.07, 6.45) is 3.23. The molecular formula is C28H23Cl2N5O2S. The number of rotatable bonds is 7. The molecule has 0 radical (unpaired) electrons. The number of thioether (sulfide) groups is 1. The summed E-state index contributed by atoms with van der Waals surface area (Å²) in [5, 5.41) is 20.7. The largest absolute Gasteiger partial charge is 0.353 e. The van der Waals surface area contributed by atoms with Crippen molar-refractivity contribution in [2.45, 2.75) is 19.8 Å². The Balaban J connectivity index is 1.59. The second kappa shape index (κ2) is 12.2. The maximum absolute atomic E-state index is 13.5. The highest BCUT2D eigenvalue weighted by Gasteiger charge is 2.35. The van der Waals surface area contributed by atoms with Gasteiger partial charge in [0.2, 0.25) is 5.91 Å². The van der Waals surface area contributed by atoms with Crippen molar-refractivity contribution in [2.24, 2.45) is 0 Å². The van der Waals surface area contributed by atoms with E-state index in [0.717, 1.165) is 11.1 Å². The Kier molecular flexibility index (Phi) is 8.74. The number of halogens is 2. The van der Waals surface area contributed by atoms with Crippen LogP contribution in [0.15, 0.2) is 88.9 Å².